The van der Waals surface area contributed by atoms with Gasteiger partial charge in [0.25, 0.3) is 0 Å². The van der Waals surface area contributed by atoms with Gasteiger partial charge in [-0.1, -0.05) is 0 Å². The topological polar surface area (TPSA) is 94.6 Å². The monoisotopic (exact) mass is 282 g/mol. The van der Waals surface area contributed by atoms with E-state index in [0.29, 0.717) is 11.5 Å². The molecule has 0 bridgehead atoms. The molecule has 2 rings (SSSR count). The summed E-state index contributed by atoms with van der Waals surface area (Å²) < 4.78 is 36.0. The van der Waals surface area contributed by atoms with E-state index in [9.17, 15) is 8.42 Å². The first kappa shape index (κ1) is 13.4. The Morgan fingerprint density at radius 2 is 2.16 bits per heavy atom. The van der Waals surface area contributed by atoms with E-state index in [1.165, 1.54) is 19.2 Å². The average molecular weight is 282 g/mol. The minimum Gasteiger partial charge on any atom is -0.486 e. The van der Waals surface area contributed by atoms with Gasteiger partial charge in [0.15, 0.2) is 0 Å². The van der Waals surface area contributed by atoms with Crippen molar-refractivity contribution in [3.8, 4) is 5.75 Å². The van der Waals surface area contributed by atoms with Crippen LogP contribution in [-0.2, 0) is 16.6 Å². The molecule has 2 aromatic rings. The maximum absolute atomic E-state index is 11.6. The Kier molecular flexibility index (Phi) is 3.77. The number of anilines is 1. The molecule has 0 aliphatic carbocycles. The zero-order chi connectivity index (χ0) is 13.9. The van der Waals surface area contributed by atoms with Crippen molar-refractivity contribution >= 4 is 15.7 Å². The molecule has 1 aromatic carbocycles. The number of nitrogens with one attached hydrogen (secondary N) is 1. The third-order valence-electron chi connectivity index (χ3n) is 2.50. The van der Waals surface area contributed by atoms with Crippen LogP contribution in [0.5, 0.6) is 5.75 Å². The summed E-state index contributed by atoms with van der Waals surface area (Å²) in [4.78, 5) is 0.0281. The molecule has 6 nitrogen and oxygen atoms in total. The SMILES string of the molecule is CNS(=O)(=O)c1ccc(OCc2ccco2)cc1N. The molecule has 102 valence electrons. The fourth-order valence-electron chi connectivity index (χ4n) is 1.52. The third-order valence-corrected chi connectivity index (χ3v) is 3.99. The van der Waals surface area contributed by atoms with Gasteiger partial charge in [-0.05, 0) is 31.3 Å². The molecule has 0 aliphatic heterocycles. The maximum Gasteiger partial charge on any atom is 0.242 e. The van der Waals surface area contributed by atoms with Gasteiger partial charge in [0, 0.05) is 6.07 Å². The average Bonchev–Trinajstić information content (AvgIpc) is 2.89. The number of sulfonamides is 1. The van der Waals surface area contributed by atoms with Crippen LogP contribution in [0.15, 0.2) is 45.9 Å². The van der Waals surface area contributed by atoms with E-state index in [0.717, 1.165) is 0 Å². The van der Waals surface area contributed by atoms with Crippen LogP contribution in [0.4, 0.5) is 5.69 Å². The molecule has 1 aromatic heterocycles. The van der Waals surface area contributed by atoms with E-state index < -0.39 is 10.0 Å². The predicted molar refractivity (Wildman–Crippen MR) is 70.1 cm³/mol. The highest BCUT2D eigenvalue weighted by Gasteiger charge is 2.15. The van der Waals surface area contributed by atoms with Gasteiger partial charge in [-0.3, -0.25) is 0 Å². The van der Waals surface area contributed by atoms with Crippen LogP contribution in [0.2, 0.25) is 0 Å². The summed E-state index contributed by atoms with van der Waals surface area (Å²) in [7, 11) is -2.22. The van der Waals surface area contributed by atoms with Crippen molar-refractivity contribution in [2.24, 2.45) is 0 Å². The minimum atomic E-state index is -3.55. The smallest absolute Gasteiger partial charge is 0.242 e. The Morgan fingerprint density at radius 1 is 1.37 bits per heavy atom. The summed E-state index contributed by atoms with van der Waals surface area (Å²) in [5, 5.41) is 0. The van der Waals surface area contributed by atoms with Crippen molar-refractivity contribution < 1.29 is 17.6 Å². The maximum atomic E-state index is 11.6. The zero-order valence-electron chi connectivity index (χ0n) is 10.3. The van der Waals surface area contributed by atoms with Crippen LogP contribution in [0.3, 0.4) is 0 Å². The molecule has 19 heavy (non-hydrogen) atoms. The number of nitrogens with two attached hydrogens (primary N) is 1. The molecule has 7 heteroatoms. The molecule has 0 spiro atoms. The summed E-state index contributed by atoms with van der Waals surface area (Å²) in [5.74, 6) is 1.15. The van der Waals surface area contributed by atoms with Crippen molar-refractivity contribution in [1.82, 2.24) is 4.72 Å². The van der Waals surface area contributed by atoms with Crippen molar-refractivity contribution in [3.63, 3.8) is 0 Å². The van der Waals surface area contributed by atoms with E-state index in [-0.39, 0.29) is 17.2 Å². The van der Waals surface area contributed by atoms with Gasteiger partial charge >= 0.3 is 0 Å². The highest BCUT2D eigenvalue weighted by Crippen LogP contribution is 2.24. The van der Waals surface area contributed by atoms with Gasteiger partial charge in [-0.25, -0.2) is 13.1 Å². The predicted octanol–water partition coefficient (Wildman–Crippen LogP) is 1.35. The molecule has 1 heterocycles. The van der Waals surface area contributed by atoms with E-state index in [1.807, 2.05) is 0 Å². The van der Waals surface area contributed by atoms with Gasteiger partial charge in [-0.15, -0.1) is 0 Å². The molecule has 0 radical (unpaired) electrons. The number of hydrogen-bond donors (Lipinski definition) is 2. The third kappa shape index (κ3) is 3.07. The molecule has 0 unspecified atom stereocenters. The lowest BCUT2D eigenvalue weighted by atomic mass is 10.3. The fraction of sp³-hybridized carbons (Fsp3) is 0.167. The van der Waals surface area contributed by atoms with Crippen LogP contribution in [-0.4, -0.2) is 15.5 Å². The van der Waals surface area contributed by atoms with Crippen LogP contribution >= 0.6 is 0 Å². The molecule has 3 N–H and O–H groups in total. The Balaban J connectivity index is 2.15. The molecule has 0 fully saturated rings. The lowest BCUT2D eigenvalue weighted by molar-refractivity contribution is 0.270. The van der Waals surface area contributed by atoms with Crippen molar-refractivity contribution in [2.75, 3.05) is 12.8 Å². The number of rotatable bonds is 5. The van der Waals surface area contributed by atoms with Gasteiger partial charge in [0.2, 0.25) is 10.0 Å². The van der Waals surface area contributed by atoms with E-state index in [2.05, 4.69) is 4.72 Å². The number of furan rings is 1. The normalized spacial score (nSPS) is 11.4. The van der Waals surface area contributed by atoms with E-state index in [4.69, 9.17) is 14.9 Å². The summed E-state index contributed by atoms with van der Waals surface area (Å²) in [6, 6.07) is 7.95. The van der Waals surface area contributed by atoms with Crippen molar-refractivity contribution in [2.45, 2.75) is 11.5 Å². The molecule has 0 atom stereocenters. The Bertz CT molecular complexity index is 650. The lowest BCUT2D eigenvalue weighted by Gasteiger charge is -2.09. The molecule has 0 amide bonds. The zero-order valence-corrected chi connectivity index (χ0v) is 11.1. The molecular weight excluding hydrogens is 268 g/mol. The Labute approximate surface area is 111 Å². The van der Waals surface area contributed by atoms with E-state index >= 15 is 0 Å². The van der Waals surface area contributed by atoms with Gasteiger partial charge < -0.3 is 14.9 Å². The highest BCUT2D eigenvalue weighted by atomic mass is 32.2. The summed E-state index contributed by atoms with van der Waals surface area (Å²) in [6.07, 6.45) is 1.55. The first-order chi connectivity index (χ1) is 9.03. The quantitative estimate of drug-likeness (QED) is 0.807. The van der Waals surface area contributed by atoms with Crippen molar-refractivity contribution in [3.05, 3.63) is 42.4 Å². The summed E-state index contributed by atoms with van der Waals surface area (Å²) in [6.45, 7) is 0.255. The second kappa shape index (κ2) is 5.33. The van der Waals surface area contributed by atoms with Crippen LogP contribution in [0, 0.1) is 0 Å². The van der Waals surface area contributed by atoms with Crippen LogP contribution < -0.4 is 15.2 Å². The molecule has 0 aliphatic rings. The van der Waals surface area contributed by atoms with Crippen LogP contribution in [0.25, 0.3) is 0 Å². The first-order valence-corrected chi connectivity index (χ1v) is 6.99. The van der Waals surface area contributed by atoms with Gasteiger partial charge in [-0.2, -0.15) is 0 Å². The molecule has 0 saturated carbocycles. The first-order valence-electron chi connectivity index (χ1n) is 5.51. The minimum absolute atomic E-state index is 0.0281. The molecular formula is C12H14N2O4S. The highest BCUT2D eigenvalue weighted by molar-refractivity contribution is 7.89. The largest absolute Gasteiger partial charge is 0.486 e. The number of nitrogen functional groups attached to an aromatic ring is 1. The standard InChI is InChI=1S/C12H14N2O4S/c1-14-19(15,16)12-5-4-9(7-11(12)13)18-8-10-3-2-6-17-10/h2-7,14H,8,13H2,1H3. The number of ether oxygens (including phenoxy) is 1. The second-order valence-corrected chi connectivity index (χ2v) is 5.63. The summed E-state index contributed by atoms with van der Waals surface area (Å²) in [5.41, 5.74) is 5.84. The second-order valence-electron chi connectivity index (χ2n) is 3.78. The Morgan fingerprint density at radius 3 is 2.74 bits per heavy atom. The number of hydrogen-bond acceptors (Lipinski definition) is 5. The fourth-order valence-corrected chi connectivity index (χ4v) is 2.36. The van der Waals surface area contributed by atoms with Gasteiger partial charge in [0.1, 0.15) is 23.0 Å². The van der Waals surface area contributed by atoms with E-state index in [1.54, 1.807) is 24.5 Å². The summed E-state index contributed by atoms with van der Waals surface area (Å²) >= 11 is 0. The Hall–Kier alpha value is -1.99. The molecule has 0 saturated heterocycles. The van der Waals surface area contributed by atoms with Crippen LogP contribution in [0.1, 0.15) is 5.76 Å². The van der Waals surface area contributed by atoms with Crippen molar-refractivity contribution in [1.29, 1.82) is 0 Å². The lowest BCUT2D eigenvalue weighted by Crippen LogP contribution is -2.19. The van der Waals surface area contributed by atoms with Gasteiger partial charge in [0.05, 0.1) is 12.0 Å². The number of benzene rings is 1.